The van der Waals surface area contributed by atoms with Gasteiger partial charge in [-0.3, -0.25) is 0 Å². The van der Waals surface area contributed by atoms with Crippen LogP contribution in [-0.4, -0.2) is 9.97 Å². The van der Waals surface area contributed by atoms with Crippen LogP contribution in [0.3, 0.4) is 0 Å². The Morgan fingerprint density at radius 2 is 1.75 bits per heavy atom. The zero-order valence-electron chi connectivity index (χ0n) is 7.46. The highest BCUT2D eigenvalue weighted by molar-refractivity contribution is 5.12. The number of aromatic amines is 2. The van der Waals surface area contributed by atoms with Gasteiger partial charge in [-0.2, -0.15) is 0 Å². The Kier molecular flexibility index (Phi) is 3.20. The van der Waals surface area contributed by atoms with E-state index in [0.717, 1.165) is 0 Å². The maximum absolute atomic E-state index is 3.07. The SMILES string of the molecule is Cc1c[nH]c(C)c1.c1cc[nH]c1. The number of aromatic nitrogens is 2. The topological polar surface area (TPSA) is 31.6 Å². The van der Waals surface area contributed by atoms with Gasteiger partial charge in [-0.1, -0.05) is 0 Å². The molecule has 12 heavy (non-hydrogen) atoms. The first-order valence-electron chi connectivity index (χ1n) is 3.98. The average molecular weight is 162 g/mol. The minimum absolute atomic E-state index is 1.23. The van der Waals surface area contributed by atoms with Gasteiger partial charge in [-0.15, -0.1) is 0 Å². The molecule has 0 atom stereocenters. The number of hydrogen-bond donors (Lipinski definition) is 2. The van der Waals surface area contributed by atoms with Crippen molar-refractivity contribution in [3.8, 4) is 0 Å². The number of nitrogens with one attached hydrogen (secondary N) is 2. The Bertz CT molecular complexity index is 260. The molecule has 2 aromatic rings. The van der Waals surface area contributed by atoms with Gasteiger partial charge in [-0.25, -0.2) is 0 Å². The van der Waals surface area contributed by atoms with E-state index in [1.54, 1.807) is 0 Å². The van der Waals surface area contributed by atoms with E-state index in [4.69, 9.17) is 0 Å². The van der Waals surface area contributed by atoms with E-state index in [2.05, 4.69) is 23.0 Å². The van der Waals surface area contributed by atoms with E-state index in [-0.39, 0.29) is 0 Å². The lowest BCUT2D eigenvalue weighted by Gasteiger charge is -1.71. The van der Waals surface area contributed by atoms with Crippen LogP contribution in [0.4, 0.5) is 0 Å². The number of aryl methyl sites for hydroxylation is 2. The fourth-order valence-corrected chi connectivity index (χ4v) is 0.930. The molecule has 0 radical (unpaired) electrons. The molecule has 0 aliphatic rings. The summed E-state index contributed by atoms with van der Waals surface area (Å²) in [6.07, 6.45) is 5.75. The molecule has 0 fully saturated rings. The number of H-pyrrole nitrogens is 2. The van der Waals surface area contributed by atoms with Crippen molar-refractivity contribution in [2.75, 3.05) is 0 Å². The molecule has 64 valence electrons. The van der Waals surface area contributed by atoms with Crippen molar-refractivity contribution < 1.29 is 0 Å². The summed E-state index contributed by atoms with van der Waals surface area (Å²) in [6.45, 7) is 4.12. The maximum atomic E-state index is 3.07. The van der Waals surface area contributed by atoms with Crippen LogP contribution in [0.25, 0.3) is 0 Å². The second kappa shape index (κ2) is 4.44. The van der Waals surface area contributed by atoms with Gasteiger partial charge in [-0.05, 0) is 37.6 Å². The third-order valence-electron chi connectivity index (χ3n) is 1.47. The van der Waals surface area contributed by atoms with Crippen LogP contribution < -0.4 is 0 Å². The molecule has 0 unspecified atom stereocenters. The van der Waals surface area contributed by atoms with E-state index < -0.39 is 0 Å². The molecular formula is C10H14N2. The van der Waals surface area contributed by atoms with Gasteiger partial charge in [0.05, 0.1) is 0 Å². The zero-order valence-corrected chi connectivity index (χ0v) is 7.46. The molecule has 0 spiro atoms. The molecule has 2 heterocycles. The molecule has 2 aromatic heterocycles. The van der Waals surface area contributed by atoms with Crippen LogP contribution in [0.1, 0.15) is 11.3 Å². The normalized spacial score (nSPS) is 8.83. The van der Waals surface area contributed by atoms with Crippen LogP contribution >= 0.6 is 0 Å². The molecule has 0 aliphatic heterocycles. The smallest absolute Gasteiger partial charge is 0.0118 e. The Morgan fingerprint density at radius 1 is 1.08 bits per heavy atom. The van der Waals surface area contributed by atoms with E-state index in [9.17, 15) is 0 Å². The third kappa shape index (κ3) is 3.10. The van der Waals surface area contributed by atoms with Gasteiger partial charge in [0, 0.05) is 24.3 Å². The summed E-state index contributed by atoms with van der Waals surface area (Å²) < 4.78 is 0. The maximum Gasteiger partial charge on any atom is 0.0118 e. The molecule has 0 saturated heterocycles. The third-order valence-corrected chi connectivity index (χ3v) is 1.47. The van der Waals surface area contributed by atoms with Crippen molar-refractivity contribution in [2.45, 2.75) is 13.8 Å². The van der Waals surface area contributed by atoms with E-state index in [0.29, 0.717) is 0 Å². The summed E-state index contributed by atoms with van der Waals surface area (Å²) in [5, 5.41) is 0. The van der Waals surface area contributed by atoms with Crippen molar-refractivity contribution in [2.24, 2.45) is 0 Å². The molecule has 0 saturated carbocycles. The summed E-state index contributed by atoms with van der Waals surface area (Å²) >= 11 is 0. The summed E-state index contributed by atoms with van der Waals surface area (Å²) in [6, 6.07) is 6.00. The predicted octanol–water partition coefficient (Wildman–Crippen LogP) is 2.65. The van der Waals surface area contributed by atoms with Gasteiger partial charge < -0.3 is 9.97 Å². The highest BCUT2D eigenvalue weighted by Crippen LogP contribution is 1.97. The molecule has 2 nitrogen and oxygen atoms in total. The van der Waals surface area contributed by atoms with E-state index >= 15 is 0 Å². The lowest BCUT2D eigenvalue weighted by molar-refractivity contribution is 1.26. The van der Waals surface area contributed by atoms with Gasteiger partial charge in [0.1, 0.15) is 0 Å². The van der Waals surface area contributed by atoms with Crippen molar-refractivity contribution in [1.82, 2.24) is 9.97 Å². The second-order valence-corrected chi connectivity index (χ2v) is 2.74. The minimum Gasteiger partial charge on any atom is -0.368 e. The van der Waals surface area contributed by atoms with Crippen LogP contribution in [0.2, 0.25) is 0 Å². The largest absolute Gasteiger partial charge is 0.368 e. The van der Waals surface area contributed by atoms with Crippen molar-refractivity contribution in [3.05, 3.63) is 48.0 Å². The van der Waals surface area contributed by atoms with Crippen molar-refractivity contribution in [3.63, 3.8) is 0 Å². The van der Waals surface area contributed by atoms with Crippen molar-refractivity contribution >= 4 is 0 Å². The number of hydrogen-bond acceptors (Lipinski definition) is 0. The van der Waals surface area contributed by atoms with Crippen molar-refractivity contribution in [1.29, 1.82) is 0 Å². The summed E-state index contributed by atoms with van der Waals surface area (Å²) in [5.74, 6) is 0. The summed E-state index contributed by atoms with van der Waals surface area (Å²) in [4.78, 5) is 5.93. The fourth-order valence-electron chi connectivity index (χ4n) is 0.930. The first kappa shape index (κ1) is 8.65. The molecule has 2 rings (SSSR count). The van der Waals surface area contributed by atoms with Crippen LogP contribution in [0.15, 0.2) is 36.8 Å². The molecular weight excluding hydrogens is 148 g/mol. The Hall–Kier alpha value is -1.44. The van der Waals surface area contributed by atoms with Crippen LogP contribution in [0.5, 0.6) is 0 Å². The van der Waals surface area contributed by atoms with Gasteiger partial charge in [0.15, 0.2) is 0 Å². The highest BCUT2D eigenvalue weighted by atomic mass is 14.7. The van der Waals surface area contributed by atoms with Gasteiger partial charge in [0.2, 0.25) is 0 Å². The molecule has 0 bridgehead atoms. The lowest BCUT2D eigenvalue weighted by atomic mass is 10.4. The first-order valence-corrected chi connectivity index (χ1v) is 3.98. The first-order chi connectivity index (χ1) is 5.79. The Balaban J connectivity index is 0.000000127. The monoisotopic (exact) mass is 162 g/mol. The quantitative estimate of drug-likeness (QED) is 0.597. The van der Waals surface area contributed by atoms with Gasteiger partial charge in [0.25, 0.3) is 0 Å². The molecule has 2 heteroatoms. The fraction of sp³-hybridized carbons (Fsp3) is 0.200. The van der Waals surface area contributed by atoms with Gasteiger partial charge >= 0.3 is 0 Å². The van der Waals surface area contributed by atoms with Crippen LogP contribution in [-0.2, 0) is 0 Å². The molecule has 0 aromatic carbocycles. The minimum atomic E-state index is 1.23. The Labute approximate surface area is 72.6 Å². The summed E-state index contributed by atoms with van der Waals surface area (Å²) in [5.41, 5.74) is 2.54. The molecule has 2 N–H and O–H groups in total. The summed E-state index contributed by atoms with van der Waals surface area (Å²) in [7, 11) is 0. The second-order valence-electron chi connectivity index (χ2n) is 2.74. The van der Waals surface area contributed by atoms with E-state index in [1.807, 2.05) is 37.6 Å². The predicted molar refractivity (Wildman–Crippen MR) is 51.1 cm³/mol. The average Bonchev–Trinajstić information content (AvgIpc) is 2.63. The number of rotatable bonds is 0. The standard InChI is InChI=1S/C6H9N.C4H5N/c1-5-3-6(2)7-4-5;1-2-4-5-3-1/h3-4,7H,1-2H3;1-5H. The Morgan fingerprint density at radius 3 is 1.92 bits per heavy atom. The lowest BCUT2D eigenvalue weighted by Crippen LogP contribution is -1.59. The van der Waals surface area contributed by atoms with Crippen LogP contribution in [0, 0.1) is 13.8 Å². The zero-order chi connectivity index (χ0) is 8.81. The molecule has 0 aliphatic carbocycles. The van der Waals surface area contributed by atoms with E-state index in [1.165, 1.54) is 11.3 Å². The molecule has 0 amide bonds. The highest BCUT2D eigenvalue weighted by Gasteiger charge is 1.82.